The fraction of sp³-hybridized carbons (Fsp3) is 0.533. The highest BCUT2D eigenvalue weighted by Gasteiger charge is 2.09. The zero-order valence-corrected chi connectivity index (χ0v) is 11.0. The van der Waals surface area contributed by atoms with E-state index in [1.165, 1.54) is 19.3 Å². The zero-order chi connectivity index (χ0) is 12.7. The maximum atomic E-state index is 11.4. The van der Waals surface area contributed by atoms with Crippen molar-refractivity contribution in [1.29, 1.82) is 0 Å². The summed E-state index contributed by atoms with van der Waals surface area (Å²) in [5, 5.41) is 0. The molecule has 1 rings (SSSR count). The summed E-state index contributed by atoms with van der Waals surface area (Å²) in [6.45, 7) is 6.64. The number of hydrogen-bond donors (Lipinski definition) is 0. The monoisotopic (exact) mass is 234 g/mol. The first-order chi connectivity index (χ1) is 8.15. The van der Waals surface area contributed by atoms with E-state index in [9.17, 15) is 4.79 Å². The van der Waals surface area contributed by atoms with Gasteiger partial charge in [0.15, 0.2) is 5.78 Å². The molecule has 0 saturated carbocycles. The summed E-state index contributed by atoms with van der Waals surface area (Å²) >= 11 is 0. The Labute approximate surface area is 104 Å². The van der Waals surface area contributed by atoms with E-state index >= 15 is 0 Å². The summed E-state index contributed by atoms with van der Waals surface area (Å²) in [5.41, 5.74) is 0.676. The third kappa shape index (κ3) is 4.59. The lowest BCUT2D eigenvalue weighted by Gasteiger charge is -2.14. The smallest absolute Gasteiger partial charge is 0.163 e. The number of hydrogen-bond acceptors (Lipinski definition) is 2. The number of ketones is 1. The number of benzene rings is 1. The Bertz CT molecular complexity index is 358. The molecule has 0 saturated heterocycles. The van der Waals surface area contributed by atoms with E-state index < -0.39 is 0 Å². The van der Waals surface area contributed by atoms with Crippen molar-refractivity contribution in [1.82, 2.24) is 0 Å². The van der Waals surface area contributed by atoms with E-state index in [1.54, 1.807) is 6.92 Å². The highest BCUT2D eigenvalue weighted by atomic mass is 16.5. The molecule has 0 aliphatic carbocycles. The lowest BCUT2D eigenvalue weighted by Crippen LogP contribution is -2.10. The summed E-state index contributed by atoms with van der Waals surface area (Å²) in [6.07, 6.45) is 3.63. The van der Waals surface area contributed by atoms with Crippen molar-refractivity contribution in [2.75, 3.05) is 6.61 Å². The summed E-state index contributed by atoms with van der Waals surface area (Å²) in [7, 11) is 0. The van der Waals surface area contributed by atoms with Crippen LogP contribution in [0.25, 0.3) is 0 Å². The molecule has 0 aliphatic rings. The fourth-order valence-electron chi connectivity index (χ4n) is 1.75. The van der Waals surface area contributed by atoms with Gasteiger partial charge in [-0.25, -0.2) is 0 Å². The summed E-state index contributed by atoms with van der Waals surface area (Å²) < 4.78 is 5.74. The molecule has 2 heteroatoms. The topological polar surface area (TPSA) is 26.3 Å². The fourth-order valence-corrected chi connectivity index (χ4v) is 1.75. The predicted molar refractivity (Wildman–Crippen MR) is 70.6 cm³/mol. The van der Waals surface area contributed by atoms with Gasteiger partial charge in [0, 0.05) is 0 Å². The molecule has 0 N–H and O–H groups in total. The third-order valence-corrected chi connectivity index (χ3v) is 2.84. The SMILES string of the molecule is CCCCC(C)COc1ccccc1C(C)=O. The molecule has 0 aliphatic heterocycles. The van der Waals surface area contributed by atoms with Crippen molar-refractivity contribution in [3.8, 4) is 5.75 Å². The highest BCUT2D eigenvalue weighted by Crippen LogP contribution is 2.20. The quantitative estimate of drug-likeness (QED) is 0.664. The number of Topliss-reactive ketones (excluding diaryl/α,β-unsaturated/α-hetero) is 1. The minimum absolute atomic E-state index is 0.0572. The number of para-hydroxylation sites is 1. The minimum atomic E-state index is 0.0572. The second kappa shape index (κ2) is 7.10. The largest absolute Gasteiger partial charge is 0.493 e. The van der Waals surface area contributed by atoms with Crippen LogP contribution in [0.5, 0.6) is 5.75 Å². The minimum Gasteiger partial charge on any atom is -0.493 e. The Morgan fingerprint density at radius 2 is 2.06 bits per heavy atom. The molecule has 2 nitrogen and oxygen atoms in total. The molecule has 0 heterocycles. The van der Waals surface area contributed by atoms with Gasteiger partial charge in [-0.05, 0) is 31.4 Å². The molecule has 0 radical (unpaired) electrons. The first-order valence-corrected chi connectivity index (χ1v) is 6.38. The maximum Gasteiger partial charge on any atom is 0.163 e. The summed E-state index contributed by atoms with van der Waals surface area (Å²) in [5.74, 6) is 1.31. The first kappa shape index (κ1) is 13.8. The van der Waals surface area contributed by atoms with Crippen LogP contribution in [-0.2, 0) is 0 Å². The molecule has 17 heavy (non-hydrogen) atoms. The van der Waals surface area contributed by atoms with Crippen LogP contribution in [0.1, 0.15) is 50.4 Å². The van der Waals surface area contributed by atoms with Crippen molar-refractivity contribution < 1.29 is 9.53 Å². The highest BCUT2D eigenvalue weighted by molar-refractivity contribution is 5.96. The number of unbranched alkanes of at least 4 members (excludes halogenated alkanes) is 1. The van der Waals surface area contributed by atoms with Crippen molar-refractivity contribution in [3.05, 3.63) is 29.8 Å². The third-order valence-electron chi connectivity index (χ3n) is 2.84. The molecule has 0 spiro atoms. The molecular formula is C15H22O2. The second-order valence-electron chi connectivity index (χ2n) is 4.61. The molecule has 1 unspecified atom stereocenters. The molecule has 1 aromatic carbocycles. The number of ether oxygens (including phenoxy) is 1. The van der Waals surface area contributed by atoms with E-state index in [0.717, 1.165) is 0 Å². The molecule has 0 fully saturated rings. The molecule has 0 amide bonds. The van der Waals surface area contributed by atoms with Gasteiger partial charge in [0.2, 0.25) is 0 Å². The van der Waals surface area contributed by atoms with Crippen LogP contribution in [-0.4, -0.2) is 12.4 Å². The van der Waals surface area contributed by atoms with Crippen LogP contribution >= 0.6 is 0 Å². The van der Waals surface area contributed by atoms with E-state index in [1.807, 2.05) is 24.3 Å². The lowest BCUT2D eigenvalue weighted by molar-refractivity contribution is 0.101. The van der Waals surface area contributed by atoms with Crippen LogP contribution in [0.2, 0.25) is 0 Å². The van der Waals surface area contributed by atoms with Gasteiger partial charge in [0.25, 0.3) is 0 Å². The number of carbonyl (C=O) groups is 1. The average molecular weight is 234 g/mol. The van der Waals surface area contributed by atoms with Gasteiger partial charge in [-0.2, -0.15) is 0 Å². The Balaban J connectivity index is 2.54. The zero-order valence-electron chi connectivity index (χ0n) is 11.0. The number of rotatable bonds is 7. The second-order valence-corrected chi connectivity index (χ2v) is 4.61. The van der Waals surface area contributed by atoms with Crippen LogP contribution < -0.4 is 4.74 Å². The van der Waals surface area contributed by atoms with Crippen molar-refractivity contribution in [2.45, 2.75) is 40.0 Å². The molecule has 1 atom stereocenters. The molecule has 1 aromatic rings. The van der Waals surface area contributed by atoms with Gasteiger partial charge in [-0.3, -0.25) is 4.79 Å². The molecule has 0 bridgehead atoms. The van der Waals surface area contributed by atoms with Crippen LogP contribution in [0, 0.1) is 5.92 Å². The van der Waals surface area contributed by atoms with Crippen molar-refractivity contribution >= 4 is 5.78 Å². The van der Waals surface area contributed by atoms with Gasteiger partial charge in [-0.15, -0.1) is 0 Å². The van der Waals surface area contributed by atoms with Gasteiger partial charge in [0.05, 0.1) is 12.2 Å². The van der Waals surface area contributed by atoms with Crippen molar-refractivity contribution in [3.63, 3.8) is 0 Å². The Kier molecular flexibility index (Phi) is 5.75. The van der Waals surface area contributed by atoms with Crippen molar-refractivity contribution in [2.24, 2.45) is 5.92 Å². The Morgan fingerprint density at radius 3 is 2.71 bits per heavy atom. The summed E-state index contributed by atoms with van der Waals surface area (Å²) in [6, 6.07) is 7.44. The van der Waals surface area contributed by atoms with Gasteiger partial charge in [0.1, 0.15) is 5.75 Å². The van der Waals surface area contributed by atoms with Gasteiger partial charge in [-0.1, -0.05) is 38.8 Å². The van der Waals surface area contributed by atoms with Gasteiger partial charge >= 0.3 is 0 Å². The summed E-state index contributed by atoms with van der Waals surface area (Å²) in [4.78, 5) is 11.4. The molecule has 0 aromatic heterocycles. The molecule has 94 valence electrons. The Hall–Kier alpha value is -1.31. The first-order valence-electron chi connectivity index (χ1n) is 6.38. The Morgan fingerprint density at radius 1 is 1.35 bits per heavy atom. The maximum absolute atomic E-state index is 11.4. The average Bonchev–Trinajstić information content (AvgIpc) is 2.34. The van der Waals surface area contributed by atoms with Crippen LogP contribution in [0.4, 0.5) is 0 Å². The van der Waals surface area contributed by atoms with E-state index in [4.69, 9.17) is 4.74 Å². The predicted octanol–water partition coefficient (Wildman–Crippen LogP) is 4.09. The van der Waals surface area contributed by atoms with E-state index in [2.05, 4.69) is 13.8 Å². The lowest BCUT2D eigenvalue weighted by atomic mass is 10.1. The normalized spacial score (nSPS) is 12.2. The van der Waals surface area contributed by atoms with Crippen LogP contribution in [0.3, 0.4) is 0 Å². The van der Waals surface area contributed by atoms with E-state index in [-0.39, 0.29) is 5.78 Å². The van der Waals surface area contributed by atoms with Gasteiger partial charge < -0.3 is 4.74 Å². The molecular weight excluding hydrogens is 212 g/mol. The van der Waals surface area contributed by atoms with Crippen LogP contribution in [0.15, 0.2) is 24.3 Å². The number of carbonyl (C=O) groups excluding carboxylic acids is 1. The van der Waals surface area contributed by atoms with E-state index in [0.29, 0.717) is 23.8 Å². The standard InChI is InChI=1S/C15H22O2/c1-4-5-8-12(2)11-17-15-10-7-6-9-14(15)13(3)16/h6-7,9-10,12H,4-5,8,11H2,1-3H3.